The fourth-order valence-electron chi connectivity index (χ4n) is 4.25. The number of hydrogen-bond donors (Lipinski definition) is 1. The Labute approximate surface area is 168 Å². The van der Waals surface area contributed by atoms with Crippen LogP contribution >= 0.6 is 0 Å². The summed E-state index contributed by atoms with van der Waals surface area (Å²) in [5, 5.41) is 11.5. The number of carboxylic acids is 1. The number of piperidine rings is 1. The van der Waals surface area contributed by atoms with Crippen LogP contribution < -0.4 is 0 Å². The molecule has 0 unspecified atom stereocenters. The highest BCUT2D eigenvalue weighted by atomic mass is 32.2. The Morgan fingerprint density at radius 3 is 2.41 bits per heavy atom. The highest BCUT2D eigenvalue weighted by Crippen LogP contribution is 2.38. The molecule has 0 saturated carbocycles. The van der Waals surface area contributed by atoms with Crippen LogP contribution in [0.15, 0.2) is 18.5 Å². The van der Waals surface area contributed by atoms with E-state index >= 15 is 0 Å². The van der Waals surface area contributed by atoms with Crippen molar-refractivity contribution < 1.29 is 31.5 Å². The Hall–Kier alpha value is -1.66. The van der Waals surface area contributed by atoms with Crippen molar-refractivity contribution in [3.63, 3.8) is 0 Å². The number of halogens is 3. The lowest BCUT2D eigenvalue weighted by molar-refractivity contribution is -0.192. The molecule has 0 spiro atoms. The average Bonchev–Trinajstić information content (AvgIpc) is 3.20. The van der Waals surface area contributed by atoms with Gasteiger partial charge >= 0.3 is 12.1 Å². The molecule has 12 heteroatoms. The summed E-state index contributed by atoms with van der Waals surface area (Å²) < 4.78 is 59.0. The normalized spacial score (nSPS) is 26.1. The van der Waals surface area contributed by atoms with Gasteiger partial charge in [-0.2, -0.15) is 18.3 Å². The molecule has 29 heavy (non-hydrogen) atoms. The summed E-state index contributed by atoms with van der Waals surface area (Å²) in [7, 11) is -3.07. The zero-order valence-corrected chi connectivity index (χ0v) is 17.4. The summed E-state index contributed by atoms with van der Waals surface area (Å²) in [6.07, 6.45) is 2.04. The van der Waals surface area contributed by atoms with E-state index < -0.39 is 22.2 Å². The van der Waals surface area contributed by atoms with E-state index in [1.807, 2.05) is 23.1 Å². The van der Waals surface area contributed by atoms with Gasteiger partial charge < -0.3 is 5.11 Å². The maximum absolute atomic E-state index is 11.8. The number of carboxylic acid groups (broad SMARTS) is 1. The molecule has 0 amide bonds. The Balaban J connectivity index is 0.000000370. The smallest absolute Gasteiger partial charge is 0.475 e. The third-order valence-corrected chi connectivity index (χ3v) is 6.57. The largest absolute Gasteiger partial charge is 0.490 e. The van der Waals surface area contributed by atoms with E-state index in [1.165, 1.54) is 6.26 Å². The first-order valence-electron chi connectivity index (χ1n) is 9.30. The number of hydrogen-bond acceptors (Lipinski definition) is 5. The van der Waals surface area contributed by atoms with Crippen molar-refractivity contribution in [3.8, 4) is 0 Å². The Kier molecular flexibility index (Phi) is 7.33. The van der Waals surface area contributed by atoms with Gasteiger partial charge in [0.25, 0.3) is 0 Å². The third-order valence-electron chi connectivity index (χ3n) is 5.30. The monoisotopic (exact) mass is 440 g/mol. The van der Waals surface area contributed by atoms with Gasteiger partial charge in [-0.3, -0.25) is 9.58 Å². The fourth-order valence-corrected chi connectivity index (χ4v) is 5.15. The van der Waals surface area contributed by atoms with Crippen molar-refractivity contribution in [2.24, 2.45) is 5.92 Å². The van der Waals surface area contributed by atoms with Crippen LogP contribution in [0.25, 0.3) is 0 Å². The number of likely N-dealkylation sites (tertiary alicyclic amines) is 1. The highest BCUT2D eigenvalue weighted by Gasteiger charge is 2.46. The number of fused-ring (bicyclic) bond motifs is 1. The molecule has 2 fully saturated rings. The highest BCUT2D eigenvalue weighted by molar-refractivity contribution is 7.88. The first kappa shape index (κ1) is 23.6. The van der Waals surface area contributed by atoms with Gasteiger partial charge in [0, 0.05) is 43.6 Å². The van der Waals surface area contributed by atoms with Crippen LogP contribution in [0.1, 0.15) is 26.7 Å². The Morgan fingerprint density at radius 2 is 1.97 bits per heavy atom. The molecule has 0 bridgehead atoms. The zero-order chi connectivity index (χ0) is 22.0. The van der Waals surface area contributed by atoms with E-state index in [2.05, 4.69) is 23.8 Å². The summed E-state index contributed by atoms with van der Waals surface area (Å²) in [6.45, 7) is 6.68. The van der Waals surface area contributed by atoms with Gasteiger partial charge in [-0.05, 0) is 38.7 Å². The quantitative estimate of drug-likeness (QED) is 0.765. The molecule has 8 nitrogen and oxygen atoms in total. The molecule has 1 N–H and O–H groups in total. The molecule has 2 aliphatic heterocycles. The molecule has 0 radical (unpaired) electrons. The zero-order valence-electron chi connectivity index (χ0n) is 16.6. The van der Waals surface area contributed by atoms with Crippen LogP contribution in [-0.4, -0.2) is 82.1 Å². The minimum Gasteiger partial charge on any atom is -0.475 e. The van der Waals surface area contributed by atoms with Crippen LogP contribution in [0.2, 0.25) is 0 Å². The molecule has 3 rings (SSSR count). The molecular weight excluding hydrogens is 413 g/mol. The molecule has 2 saturated heterocycles. The first-order valence-corrected chi connectivity index (χ1v) is 11.2. The molecular formula is C17H27F3N4O4S. The van der Waals surface area contributed by atoms with Gasteiger partial charge in [-0.15, -0.1) is 0 Å². The minimum atomic E-state index is -5.08. The SMILES string of the molecule is CC(C)N1[C@H](Cn2cccn2)C[C@@H]2CN(S(C)(=O)=O)CC[C@@H]21.O=C(O)C(F)(F)F. The predicted molar refractivity (Wildman–Crippen MR) is 99.6 cm³/mol. The summed E-state index contributed by atoms with van der Waals surface area (Å²) >= 11 is 0. The van der Waals surface area contributed by atoms with E-state index in [9.17, 15) is 21.6 Å². The third kappa shape index (κ3) is 6.16. The van der Waals surface area contributed by atoms with E-state index in [1.54, 1.807) is 4.31 Å². The second-order valence-electron chi connectivity index (χ2n) is 7.70. The molecule has 0 aliphatic carbocycles. The Morgan fingerprint density at radius 1 is 1.34 bits per heavy atom. The van der Waals surface area contributed by atoms with Gasteiger partial charge in [-0.1, -0.05) is 0 Å². The summed E-state index contributed by atoms with van der Waals surface area (Å²) in [5.74, 6) is -2.32. The lowest BCUT2D eigenvalue weighted by Crippen LogP contribution is -2.50. The standard InChI is InChI=1S/C15H26N4O2S.C2HF3O2/c1-12(2)19-14(11-17-7-4-6-16-17)9-13-10-18(22(3,20)21)8-5-15(13)19;3-2(4,5)1(6)7/h4,6-7,12-15H,5,8-11H2,1-3H3;(H,6,7)/t13-,14+,15+;/m1./s1. The molecule has 1 aromatic rings. The van der Waals surface area contributed by atoms with Crippen LogP contribution in [0.5, 0.6) is 0 Å². The Bertz CT molecular complexity index is 783. The molecule has 2 aliphatic rings. The fraction of sp³-hybridized carbons (Fsp3) is 0.765. The van der Waals surface area contributed by atoms with Crippen LogP contribution in [0.4, 0.5) is 13.2 Å². The summed E-state index contributed by atoms with van der Waals surface area (Å²) in [4.78, 5) is 11.5. The van der Waals surface area contributed by atoms with E-state index in [4.69, 9.17) is 9.90 Å². The van der Waals surface area contributed by atoms with Gasteiger partial charge in [-0.25, -0.2) is 17.5 Å². The van der Waals surface area contributed by atoms with Crippen LogP contribution in [0.3, 0.4) is 0 Å². The maximum atomic E-state index is 11.8. The van der Waals surface area contributed by atoms with Crippen LogP contribution in [-0.2, 0) is 21.4 Å². The van der Waals surface area contributed by atoms with E-state index in [0.29, 0.717) is 37.1 Å². The van der Waals surface area contributed by atoms with Gasteiger partial charge in [0.05, 0.1) is 12.8 Å². The lowest BCUT2D eigenvalue weighted by atomic mass is 9.93. The second kappa shape index (κ2) is 9.00. The summed E-state index contributed by atoms with van der Waals surface area (Å²) in [5.41, 5.74) is 0. The van der Waals surface area contributed by atoms with E-state index in [-0.39, 0.29) is 0 Å². The maximum Gasteiger partial charge on any atom is 0.490 e. The van der Waals surface area contributed by atoms with Crippen molar-refractivity contribution in [2.75, 3.05) is 19.3 Å². The molecule has 1 aromatic heterocycles. The number of carbonyl (C=O) groups is 1. The number of sulfonamides is 1. The van der Waals surface area contributed by atoms with Gasteiger partial charge in [0.2, 0.25) is 10.0 Å². The molecule has 166 valence electrons. The predicted octanol–water partition coefficient (Wildman–Crippen LogP) is 1.65. The van der Waals surface area contributed by atoms with Crippen molar-refractivity contribution in [2.45, 2.75) is 57.5 Å². The number of aromatic nitrogens is 2. The number of nitrogens with zero attached hydrogens (tertiary/aromatic N) is 4. The second-order valence-corrected chi connectivity index (χ2v) is 9.68. The number of aliphatic carboxylic acids is 1. The van der Waals surface area contributed by atoms with Gasteiger partial charge in [0.1, 0.15) is 0 Å². The first-order chi connectivity index (χ1) is 13.3. The summed E-state index contributed by atoms with van der Waals surface area (Å²) in [6, 6.07) is 3.36. The van der Waals surface area contributed by atoms with Crippen molar-refractivity contribution >= 4 is 16.0 Å². The molecule has 3 atom stereocenters. The molecule has 0 aromatic carbocycles. The average molecular weight is 440 g/mol. The van der Waals surface area contributed by atoms with Crippen molar-refractivity contribution in [1.82, 2.24) is 19.0 Å². The number of alkyl halides is 3. The van der Waals surface area contributed by atoms with Gasteiger partial charge in [0.15, 0.2) is 0 Å². The lowest BCUT2D eigenvalue weighted by Gasteiger charge is -2.39. The van der Waals surface area contributed by atoms with E-state index in [0.717, 1.165) is 19.4 Å². The van der Waals surface area contributed by atoms with Crippen molar-refractivity contribution in [1.29, 1.82) is 0 Å². The topological polar surface area (TPSA) is 95.7 Å². The van der Waals surface area contributed by atoms with Crippen molar-refractivity contribution in [3.05, 3.63) is 18.5 Å². The minimum absolute atomic E-state index is 0.437. The number of rotatable bonds is 4. The van der Waals surface area contributed by atoms with Crippen LogP contribution in [0, 0.1) is 5.92 Å². The molecule has 3 heterocycles.